The fourth-order valence-electron chi connectivity index (χ4n) is 2.20. The van der Waals surface area contributed by atoms with E-state index in [1.54, 1.807) is 0 Å². The van der Waals surface area contributed by atoms with E-state index in [1.165, 1.54) is 0 Å². The highest BCUT2D eigenvalue weighted by atomic mass is 79.9. The van der Waals surface area contributed by atoms with Gasteiger partial charge >= 0.3 is 0 Å². The van der Waals surface area contributed by atoms with Gasteiger partial charge in [0, 0.05) is 10.0 Å². The number of nitrogens with two attached hydrogens (primary N) is 1. The number of rotatable bonds is 4. The highest BCUT2D eigenvalue weighted by Crippen LogP contribution is 2.36. The molecule has 0 radical (unpaired) electrons. The molecule has 0 heterocycles. The van der Waals surface area contributed by atoms with E-state index in [-0.39, 0.29) is 0 Å². The summed E-state index contributed by atoms with van der Waals surface area (Å²) in [5.41, 5.74) is 8.01. The molecule has 2 aromatic carbocycles. The molecule has 1 unspecified atom stereocenters. The average Bonchev–Trinajstić information content (AvgIpc) is 2.40. The van der Waals surface area contributed by atoms with Crippen molar-refractivity contribution in [3.05, 3.63) is 64.1 Å². The van der Waals surface area contributed by atoms with Crippen LogP contribution in [0.15, 0.2) is 53.0 Å². The Hall–Kier alpha value is -1.32. The predicted molar refractivity (Wildman–Crippen MR) is 82.4 cm³/mol. The molecule has 2 rings (SSSR count). The van der Waals surface area contributed by atoms with Gasteiger partial charge in [-0.15, -0.1) is 0 Å². The van der Waals surface area contributed by atoms with Gasteiger partial charge in [-0.2, -0.15) is 0 Å². The van der Waals surface area contributed by atoms with E-state index in [0.717, 1.165) is 21.3 Å². The highest BCUT2D eigenvalue weighted by molar-refractivity contribution is 9.10. The number of benzene rings is 2. The van der Waals surface area contributed by atoms with Gasteiger partial charge in [-0.05, 0) is 31.5 Å². The first-order valence-electron chi connectivity index (χ1n) is 6.33. The van der Waals surface area contributed by atoms with Gasteiger partial charge in [0.1, 0.15) is 5.75 Å². The van der Waals surface area contributed by atoms with E-state index in [1.807, 2.05) is 62.4 Å². The van der Waals surface area contributed by atoms with Crippen LogP contribution < -0.4 is 10.5 Å². The largest absolute Gasteiger partial charge is 0.494 e. The lowest BCUT2D eigenvalue weighted by atomic mass is 9.85. The van der Waals surface area contributed by atoms with Gasteiger partial charge in [-0.25, -0.2) is 0 Å². The van der Waals surface area contributed by atoms with E-state index >= 15 is 0 Å². The number of halogens is 1. The molecule has 0 bridgehead atoms. The Kier molecular flexibility index (Phi) is 4.27. The molecule has 1 atom stereocenters. The second-order valence-corrected chi connectivity index (χ2v) is 5.47. The van der Waals surface area contributed by atoms with Crippen LogP contribution in [0.2, 0.25) is 0 Å². The molecular weight excluding hydrogens is 302 g/mol. The van der Waals surface area contributed by atoms with Crippen LogP contribution in [-0.2, 0) is 5.54 Å². The van der Waals surface area contributed by atoms with Crippen LogP contribution >= 0.6 is 15.9 Å². The van der Waals surface area contributed by atoms with Crippen LogP contribution in [-0.4, -0.2) is 6.61 Å². The molecule has 0 saturated carbocycles. The number of ether oxygens (including phenoxy) is 1. The molecule has 0 amide bonds. The van der Waals surface area contributed by atoms with Crippen molar-refractivity contribution in [2.24, 2.45) is 5.73 Å². The van der Waals surface area contributed by atoms with Crippen molar-refractivity contribution < 1.29 is 4.74 Å². The van der Waals surface area contributed by atoms with Crippen LogP contribution in [0.25, 0.3) is 0 Å². The zero-order valence-electron chi connectivity index (χ0n) is 11.2. The molecule has 19 heavy (non-hydrogen) atoms. The van der Waals surface area contributed by atoms with Gasteiger partial charge < -0.3 is 10.5 Å². The summed E-state index contributed by atoms with van der Waals surface area (Å²) >= 11 is 3.57. The summed E-state index contributed by atoms with van der Waals surface area (Å²) in [6.45, 7) is 4.61. The fourth-order valence-corrected chi connectivity index (χ4v) is 2.90. The quantitative estimate of drug-likeness (QED) is 0.922. The van der Waals surface area contributed by atoms with Gasteiger partial charge in [0.15, 0.2) is 0 Å². The zero-order chi connectivity index (χ0) is 13.9. The smallest absolute Gasteiger partial charge is 0.124 e. The van der Waals surface area contributed by atoms with Crippen LogP contribution in [0.3, 0.4) is 0 Å². The summed E-state index contributed by atoms with van der Waals surface area (Å²) in [7, 11) is 0. The lowest BCUT2D eigenvalue weighted by molar-refractivity contribution is 0.330. The number of hydrogen-bond acceptors (Lipinski definition) is 2. The Balaban J connectivity index is 2.53. The molecule has 0 spiro atoms. The van der Waals surface area contributed by atoms with Gasteiger partial charge in [0.2, 0.25) is 0 Å². The minimum atomic E-state index is -0.605. The van der Waals surface area contributed by atoms with E-state index in [4.69, 9.17) is 10.5 Å². The normalized spacial score (nSPS) is 13.9. The second-order valence-electron chi connectivity index (χ2n) is 4.61. The van der Waals surface area contributed by atoms with E-state index < -0.39 is 5.54 Å². The van der Waals surface area contributed by atoms with Gasteiger partial charge in [-0.3, -0.25) is 0 Å². The van der Waals surface area contributed by atoms with Crippen molar-refractivity contribution in [3.8, 4) is 5.75 Å². The SMILES string of the molecule is CCOc1ccccc1C(C)(N)c1ccccc1Br. The van der Waals surface area contributed by atoms with Gasteiger partial charge in [-0.1, -0.05) is 52.3 Å². The van der Waals surface area contributed by atoms with Gasteiger partial charge in [0.25, 0.3) is 0 Å². The first-order valence-corrected chi connectivity index (χ1v) is 7.13. The topological polar surface area (TPSA) is 35.2 Å². The molecule has 0 aromatic heterocycles. The van der Waals surface area contributed by atoms with Crippen LogP contribution in [0.4, 0.5) is 0 Å². The third-order valence-corrected chi connectivity index (χ3v) is 3.87. The Morgan fingerprint density at radius 2 is 1.63 bits per heavy atom. The summed E-state index contributed by atoms with van der Waals surface area (Å²) in [4.78, 5) is 0. The highest BCUT2D eigenvalue weighted by Gasteiger charge is 2.28. The maximum Gasteiger partial charge on any atom is 0.124 e. The van der Waals surface area contributed by atoms with Crippen molar-refractivity contribution in [2.45, 2.75) is 19.4 Å². The van der Waals surface area contributed by atoms with E-state index in [2.05, 4.69) is 15.9 Å². The Bertz CT molecular complexity index is 566. The molecule has 0 aliphatic rings. The molecular formula is C16H18BrNO. The Labute approximate surface area is 122 Å². The lowest BCUT2D eigenvalue weighted by Crippen LogP contribution is -2.35. The fraction of sp³-hybridized carbons (Fsp3) is 0.250. The molecule has 0 aliphatic carbocycles. The second kappa shape index (κ2) is 5.76. The van der Waals surface area contributed by atoms with E-state index in [9.17, 15) is 0 Å². The van der Waals surface area contributed by atoms with E-state index in [0.29, 0.717) is 6.61 Å². The molecule has 2 aromatic rings. The van der Waals surface area contributed by atoms with Crippen molar-refractivity contribution in [3.63, 3.8) is 0 Å². The number of para-hydroxylation sites is 1. The minimum Gasteiger partial charge on any atom is -0.494 e. The average molecular weight is 320 g/mol. The number of hydrogen-bond donors (Lipinski definition) is 1. The summed E-state index contributed by atoms with van der Waals surface area (Å²) in [6, 6.07) is 15.9. The van der Waals surface area contributed by atoms with Crippen LogP contribution in [0.5, 0.6) is 5.75 Å². The molecule has 2 N–H and O–H groups in total. The molecule has 3 heteroatoms. The molecule has 2 nitrogen and oxygen atoms in total. The predicted octanol–water partition coefficient (Wildman–Crippen LogP) is 4.07. The summed E-state index contributed by atoms with van der Waals surface area (Å²) in [5, 5.41) is 0. The molecule has 0 aliphatic heterocycles. The van der Waals surface area contributed by atoms with Gasteiger partial charge in [0.05, 0.1) is 12.1 Å². The molecule has 0 fully saturated rings. The summed E-state index contributed by atoms with van der Waals surface area (Å²) in [6.07, 6.45) is 0. The van der Waals surface area contributed by atoms with Crippen molar-refractivity contribution >= 4 is 15.9 Å². The minimum absolute atomic E-state index is 0.605. The molecule has 100 valence electrons. The first kappa shape index (κ1) is 14.1. The van der Waals surface area contributed by atoms with Crippen molar-refractivity contribution in [2.75, 3.05) is 6.61 Å². The van der Waals surface area contributed by atoms with Crippen molar-refractivity contribution in [1.82, 2.24) is 0 Å². The third kappa shape index (κ3) is 2.82. The Morgan fingerprint density at radius 3 is 2.26 bits per heavy atom. The summed E-state index contributed by atoms with van der Waals surface area (Å²) in [5.74, 6) is 0.839. The van der Waals surface area contributed by atoms with Crippen LogP contribution in [0.1, 0.15) is 25.0 Å². The maximum absolute atomic E-state index is 6.58. The van der Waals surface area contributed by atoms with Crippen molar-refractivity contribution in [1.29, 1.82) is 0 Å². The standard InChI is InChI=1S/C16H18BrNO/c1-3-19-15-11-7-5-9-13(15)16(2,18)12-8-4-6-10-14(12)17/h4-11H,3,18H2,1-2H3. The summed E-state index contributed by atoms with van der Waals surface area (Å²) < 4.78 is 6.70. The monoisotopic (exact) mass is 319 g/mol. The lowest BCUT2D eigenvalue weighted by Gasteiger charge is -2.29. The maximum atomic E-state index is 6.58. The Morgan fingerprint density at radius 1 is 1.05 bits per heavy atom. The zero-order valence-corrected chi connectivity index (χ0v) is 12.8. The van der Waals surface area contributed by atoms with Crippen LogP contribution in [0, 0.1) is 0 Å². The third-order valence-electron chi connectivity index (χ3n) is 3.18. The first-order chi connectivity index (χ1) is 9.07. The molecule has 0 saturated heterocycles.